The summed E-state index contributed by atoms with van der Waals surface area (Å²) in [5.74, 6) is -2.32. The van der Waals surface area contributed by atoms with Gasteiger partial charge in [-0.25, -0.2) is 13.8 Å². The summed E-state index contributed by atoms with van der Waals surface area (Å²) in [5.41, 5.74) is -0.161. The molecule has 1 atom stereocenters. The van der Waals surface area contributed by atoms with E-state index in [-0.39, 0.29) is 28.5 Å². The van der Waals surface area contributed by atoms with Crippen LogP contribution in [0.1, 0.15) is 34.2 Å². The predicted molar refractivity (Wildman–Crippen MR) is 113 cm³/mol. The molecular weight excluding hydrogens is 440 g/mol. The molecule has 0 radical (unpaired) electrons. The van der Waals surface area contributed by atoms with Gasteiger partial charge in [0.2, 0.25) is 0 Å². The number of nitrogens with one attached hydrogen (secondary N) is 1. The molecule has 4 rings (SSSR count). The zero-order valence-corrected chi connectivity index (χ0v) is 17.9. The Morgan fingerprint density at radius 1 is 1.25 bits per heavy atom. The first-order valence-corrected chi connectivity index (χ1v) is 9.96. The molecule has 0 spiro atoms. The molecule has 1 amide bonds. The number of benzene rings is 1. The van der Waals surface area contributed by atoms with Gasteiger partial charge >= 0.3 is 0 Å². The van der Waals surface area contributed by atoms with Crippen molar-refractivity contribution in [2.75, 3.05) is 5.32 Å². The number of aryl methyl sites for hydroxylation is 1. The van der Waals surface area contributed by atoms with Gasteiger partial charge < -0.3 is 9.84 Å². The van der Waals surface area contributed by atoms with Gasteiger partial charge in [-0.3, -0.25) is 9.48 Å². The van der Waals surface area contributed by atoms with Crippen LogP contribution in [0.5, 0.6) is 0 Å². The van der Waals surface area contributed by atoms with Crippen LogP contribution >= 0.6 is 11.6 Å². The minimum atomic E-state index is -0.963. The average molecular weight is 458 g/mol. The van der Waals surface area contributed by atoms with Crippen molar-refractivity contribution >= 4 is 23.2 Å². The number of amides is 1. The fourth-order valence-electron chi connectivity index (χ4n) is 3.49. The molecule has 3 aromatic heterocycles. The van der Waals surface area contributed by atoms with Gasteiger partial charge in [0.05, 0.1) is 17.6 Å². The maximum atomic E-state index is 15.4. The summed E-state index contributed by atoms with van der Waals surface area (Å²) < 4.78 is 36.5. The molecule has 0 unspecified atom stereocenters. The fourth-order valence-corrected chi connectivity index (χ4v) is 3.65. The molecule has 0 fully saturated rings. The molecule has 0 saturated carbocycles. The maximum absolute atomic E-state index is 15.4. The van der Waals surface area contributed by atoms with Gasteiger partial charge in [-0.1, -0.05) is 22.8 Å². The second kappa shape index (κ2) is 8.51. The summed E-state index contributed by atoms with van der Waals surface area (Å²) in [6.07, 6.45) is 4.50. The average Bonchev–Trinajstić information content (AvgIpc) is 3.45. The minimum absolute atomic E-state index is 0.0291. The number of hydrogen-bond donors (Lipinski definition) is 1. The lowest BCUT2D eigenvalue weighted by Gasteiger charge is -2.29. The molecule has 3 heterocycles. The third kappa shape index (κ3) is 4.11. The molecule has 10 heteroatoms. The minimum Gasteiger partial charge on any atom is -0.364 e. The van der Waals surface area contributed by atoms with Crippen LogP contribution in [-0.2, 0) is 18.9 Å². The number of anilines is 1. The Bertz CT molecular complexity index is 1280. The number of carbonyl (C=O) groups is 1. The summed E-state index contributed by atoms with van der Waals surface area (Å²) in [6, 6.07) is 8.68. The smallest absolute Gasteiger partial charge is 0.277 e. The van der Waals surface area contributed by atoms with E-state index in [1.807, 2.05) is 6.92 Å². The monoisotopic (exact) mass is 457 g/mol. The zero-order valence-electron chi connectivity index (χ0n) is 17.1. The molecule has 0 saturated heterocycles. The molecular formula is C22H18ClF2N5O2. The van der Waals surface area contributed by atoms with Gasteiger partial charge in [0.15, 0.2) is 11.5 Å². The van der Waals surface area contributed by atoms with Crippen LogP contribution in [-0.4, -0.2) is 25.8 Å². The van der Waals surface area contributed by atoms with Crippen molar-refractivity contribution in [3.8, 4) is 0 Å². The van der Waals surface area contributed by atoms with Crippen LogP contribution in [0.2, 0.25) is 5.15 Å². The quantitative estimate of drug-likeness (QED) is 0.430. The summed E-state index contributed by atoms with van der Waals surface area (Å²) in [5, 5.41) is 10.4. The number of rotatable bonds is 6. The number of hydrogen-bond acceptors (Lipinski definition) is 5. The van der Waals surface area contributed by atoms with E-state index < -0.39 is 23.0 Å². The lowest BCUT2D eigenvalue weighted by atomic mass is 9.75. The lowest BCUT2D eigenvalue weighted by molar-refractivity contribution is 0.101. The first kappa shape index (κ1) is 21.6. The third-order valence-electron chi connectivity index (χ3n) is 5.26. The van der Waals surface area contributed by atoms with Crippen molar-refractivity contribution in [2.45, 2.75) is 18.8 Å². The van der Waals surface area contributed by atoms with Crippen LogP contribution < -0.4 is 5.32 Å². The van der Waals surface area contributed by atoms with Crippen molar-refractivity contribution < 1.29 is 18.1 Å². The van der Waals surface area contributed by atoms with Crippen LogP contribution in [0, 0.1) is 11.6 Å². The summed E-state index contributed by atoms with van der Waals surface area (Å²) in [4.78, 5) is 16.6. The van der Waals surface area contributed by atoms with Crippen LogP contribution in [0.3, 0.4) is 0 Å². The van der Waals surface area contributed by atoms with Crippen molar-refractivity contribution in [1.29, 1.82) is 0 Å². The maximum Gasteiger partial charge on any atom is 0.277 e. The summed E-state index contributed by atoms with van der Waals surface area (Å²) in [7, 11) is 1.75. The standard InChI is InChI=1S/C22H18ClF2N5O2/c1-22(13-11-26-30(2)12-13,18-4-3-5-19(23)28-18)10-14-15(24)6-7-16(20(14)25)27-21(31)17-8-9-32-29-17/h3-9,11-12H,10H2,1-2H3,(H,27,31)/t22-/m0/s1. The Morgan fingerprint density at radius 3 is 2.72 bits per heavy atom. The molecule has 0 aliphatic heterocycles. The lowest BCUT2D eigenvalue weighted by Crippen LogP contribution is -2.29. The molecule has 7 nitrogen and oxygen atoms in total. The topological polar surface area (TPSA) is 85.8 Å². The van der Waals surface area contributed by atoms with Gasteiger partial charge in [-0.2, -0.15) is 5.10 Å². The zero-order chi connectivity index (χ0) is 22.9. The number of nitrogens with zero attached hydrogens (tertiary/aromatic N) is 4. The Morgan fingerprint density at radius 2 is 2.06 bits per heavy atom. The molecule has 1 N–H and O–H groups in total. The molecule has 164 valence electrons. The first-order chi connectivity index (χ1) is 15.3. The number of halogens is 3. The highest BCUT2D eigenvalue weighted by Crippen LogP contribution is 2.37. The van der Waals surface area contributed by atoms with Gasteiger partial charge in [0, 0.05) is 35.9 Å². The van der Waals surface area contributed by atoms with E-state index in [0.717, 1.165) is 12.1 Å². The molecule has 0 aliphatic carbocycles. The molecule has 0 aliphatic rings. The normalized spacial score (nSPS) is 13.0. The Balaban J connectivity index is 1.76. The second-order valence-corrected chi connectivity index (χ2v) is 7.87. The Kier molecular flexibility index (Phi) is 5.75. The highest BCUT2D eigenvalue weighted by molar-refractivity contribution is 6.29. The van der Waals surface area contributed by atoms with Gasteiger partial charge in [-0.05, 0) is 37.6 Å². The van der Waals surface area contributed by atoms with Gasteiger partial charge in [0.1, 0.15) is 17.2 Å². The summed E-state index contributed by atoms with van der Waals surface area (Å²) >= 11 is 6.10. The van der Waals surface area contributed by atoms with E-state index in [4.69, 9.17) is 11.6 Å². The van der Waals surface area contributed by atoms with Crippen molar-refractivity contribution in [2.24, 2.45) is 7.05 Å². The summed E-state index contributed by atoms with van der Waals surface area (Å²) in [6.45, 7) is 1.81. The molecule has 32 heavy (non-hydrogen) atoms. The third-order valence-corrected chi connectivity index (χ3v) is 5.47. The van der Waals surface area contributed by atoms with Gasteiger partial charge in [-0.15, -0.1) is 0 Å². The van der Waals surface area contributed by atoms with E-state index in [0.29, 0.717) is 11.3 Å². The first-order valence-electron chi connectivity index (χ1n) is 9.58. The van der Waals surface area contributed by atoms with Crippen molar-refractivity contribution in [3.05, 3.63) is 94.4 Å². The largest absolute Gasteiger partial charge is 0.364 e. The van der Waals surface area contributed by atoms with Gasteiger partial charge in [0.25, 0.3) is 5.91 Å². The van der Waals surface area contributed by atoms with E-state index in [9.17, 15) is 9.18 Å². The highest BCUT2D eigenvalue weighted by atomic mass is 35.5. The molecule has 4 aromatic rings. The van der Waals surface area contributed by atoms with E-state index in [1.165, 1.54) is 12.3 Å². The van der Waals surface area contributed by atoms with Crippen LogP contribution in [0.15, 0.2) is 59.6 Å². The van der Waals surface area contributed by atoms with Crippen LogP contribution in [0.25, 0.3) is 0 Å². The number of aromatic nitrogens is 4. The predicted octanol–water partition coefficient (Wildman–Crippen LogP) is 4.54. The molecule has 0 bridgehead atoms. The van der Waals surface area contributed by atoms with Crippen molar-refractivity contribution in [3.63, 3.8) is 0 Å². The molecule has 1 aromatic carbocycles. The number of pyridine rings is 1. The van der Waals surface area contributed by atoms with E-state index in [1.54, 1.807) is 42.3 Å². The SMILES string of the molecule is Cn1cc([C@](C)(Cc2c(F)ccc(NC(=O)c3ccon3)c2F)c2cccc(Cl)n2)cn1. The Hall–Kier alpha value is -3.59. The van der Waals surface area contributed by atoms with Crippen molar-refractivity contribution in [1.82, 2.24) is 19.9 Å². The van der Waals surface area contributed by atoms with E-state index >= 15 is 4.39 Å². The Labute approximate surface area is 187 Å². The van der Waals surface area contributed by atoms with Crippen LogP contribution in [0.4, 0.5) is 14.5 Å². The number of carbonyl (C=O) groups excluding carboxylic acids is 1. The van der Waals surface area contributed by atoms with E-state index in [2.05, 4.69) is 25.1 Å². The fraction of sp³-hybridized carbons (Fsp3) is 0.182. The highest BCUT2D eigenvalue weighted by Gasteiger charge is 2.35. The second-order valence-electron chi connectivity index (χ2n) is 7.48.